The highest BCUT2D eigenvalue weighted by Gasteiger charge is 2.20. The van der Waals surface area contributed by atoms with Crippen LogP contribution in [0.1, 0.15) is 30.0 Å². The number of benzene rings is 1. The molecule has 17 heavy (non-hydrogen) atoms. The summed E-state index contributed by atoms with van der Waals surface area (Å²) in [7, 11) is 0. The van der Waals surface area contributed by atoms with Gasteiger partial charge in [-0.3, -0.25) is 0 Å². The first kappa shape index (κ1) is 12.3. The molecule has 1 nitrogen and oxygen atoms in total. The normalized spacial score (nSPS) is 14.5. The largest absolute Gasteiger partial charge is 0.322 e. The first-order valence-corrected chi connectivity index (χ1v) is 6.89. The molecule has 0 aliphatic heterocycles. The second-order valence-corrected chi connectivity index (χ2v) is 5.70. The van der Waals surface area contributed by atoms with Gasteiger partial charge < -0.3 is 5.73 Å². The summed E-state index contributed by atoms with van der Waals surface area (Å²) < 4.78 is 0. The molecule has 0 radical (unpaired) electrons. The van der Waals surface area contributed by atoms with Gasteiger partial charge in [0.15, 0.2) is 0 Å². The predicted octanol–water partition coefficient (Wildman–Crippen LogP) is 3.86. The Hall–Kier alpha value is -1.12. The van der Waals surface area contributed by atoms with Crippen LogP contribution in [0.25, 0.3) is 0 Å². The van der Waals surface area contributed by atoms with Crippen molar-refractivity contribution in [3.05, 3.63) is 57.8 Å². The van der Waals surface area contributed by atoms with Crippen LogP contribution < -0.4 is 5.73 Å². The van der Waals surface area contributed by atoms with E-state index in [-0.39, 0.29) is 5.54 Å². The Bertz CT molecular complexity index is 454. The summed E-state index contributed by atoms with van der Waals surface area (Å²) >= 11 is 1.75. The van der Waals surface area contributed by atoms with Crippen LogP contribution in [0.5, 0.6) is 0 Å². The van der Waals surface area contributed by atoms with Gasteiger partial charge in [0.1, 0.15) is 0 Å². The van der Waals surface area contributed by atoms with Gasteiger partial charge >= 0.3 is 0 Å². The lowest BCUT2D eigenvalue weighted by Gasteiger charge is -2.25. The lowest BCUT2D eigenvalue weighted by Crippen LogP contribution is -2.33. The molecule has 0 aliphatic rings. The zero-order valence-corrected chi connectivity index (χ0v) is 11.3. The second kappa shape index (κ2) is 5.03. The van der Waals surface area contributed by atoms with E-state index in [9.17, 15) is 0 Å². The van der Waals surface area contributed by atoms with Crippen LogP contribution in [0, 0.1) is 6.92 Å². The Kier molecular flexibility index (Phi) is 3.65. The Morgan fingerprint density at radius 1 is 1.18 bits per heavy atom. The number of rotatable bonds is 4. The molecule has 0 saturated heterocycles. The maximum atomic E-state index is 6.41. The molecule has 0 spiro atoms. The van der Waals surface area contributed by atoms with Crippen LogP contribution in [-0.4, -0.2) is 0 Å². The van der Waals surface area contributed by atoms with Crippen LogP contribution in [0.4, 0.5) is 0 Å². The summed E-state index contributed by atoms with van der Waals surface area (Å²) in [6.07, 6.45) is 2.02. The van der Waals surface area contributed by atoms with Crippen molar-refractivity contribution < 1.29 is 0 Å². The third-order valence-corrected chi connectivity index (χ3v) is 3.96. The van der Waals surface area contributed by atoms with Crippen LogP contribution in [0.2, 0.25) is 0 Å². The fourth-order valence-corrected chi connectivity index (χ4v) is 2.62. The van der Waals surface area contributed by atoms with Gasteiger partial charge in [-0.25, -0.2) is 0 Å². The van der Waals surface area contributed by atoms with Gasteiger partial charge in [0.05, 0.1) is 0 Å². The minimum Gasteiger partial charge on any atom is -0.322 e. The second-order valence-electron chi connectivity index (χ2n) is 4.92. The van der Waals surface area contributed by atoms with Gasteiger partial charge in [0.25, 0.3) is 0 Å². The van der Waals surface area contributed by atoms with Crippen LogP contribution in [0.3, 0.4) is 0 Å². The van der Waals surface area contributed by atoms with Gasteiger partial charge in [-0.1, -0.05) is 29.8 Å². The van der Waals surface area contributed by atoms with Crippen LogP contribution >= 0.6 is 11.3 Å². The van der Waals surface area contributed by atoms with Crippen molar-refractivity contribution in [1.29, 1.82) is 0 Å². The molecule has 0 aliphatic carbocycles. The Labute approximate surface area is 107 Å². The standard InChI is InChI=1S/C15H19NS/c1-12-3-5-14(6-4-12)15(2,16)9-7-13-8-10-17-11-13/h3-6,8,10-11H,7,9,16H2,1-2H3. The minimum absolute atomic E-state index is 0.240. The van der Waals surface area contributed by atoms with Crippen LogP contribution in [-0.2, 0) is 12.0 Å². The molecule has 1 atom stereocenters. The van der Waals surface area contributed by atoms with E-state index in [1.807, 2.05) is 0 Å². The third-order valence-electron chi connectivity index (χ3n) is 3.22. The van der Waals surface area contributed by atoms with E-state index in [4.69, 9.17) is 5.73 Å². The highest BCUT2D eigenvalue weighted by Crippen LogP contribution is 2.24. The highest BCUT2D eigenvalue weighted by molar-refractivity contribution is 7.07. The molecule has 90 valence electrons. The van der Waals surface area contributed by atoms with Crippen molar-refractivity contribution in [1.82, 2.24) is 0 Å². The van der Waals surface area contributed by atoms with E-state index in [2.05, 4.69) is 54.9 Å². The zero-order valence-electron chi connectivity index (χ0n) is 10.4. The van der Waals surface area contributed by atoms with Crippen molar-refractivity contribution in [3.63, 3.8) is 0 Å². The smallest absolute Gasteiger partial charge is 0.0384 e. The first-order chi connectivity index (χ1) is 8.08. The topological polar surface area (TPSA) is 26.0 Å². The molecule has 1 aromatic carbocycles. The lowest BCUT2D eigenvalue weighted by atomic mass is 9.87. The molecule has 1 unspecified atom stereocenters. The fraction of sp³-hybridized carbons (Fsp3) is 0.333. The fourth-order valence-electron chi connectivity index (χ4n) is 1.92. The van der Waals surface area contributed by atoms with Crippen molar-refractivity contribution in [2.45, 2.75) is 32.2 Å². The summed E-state index contributed by atoms with van der Waals surface area (Å²) in [5.74, 6) is 0. The zero-order chi connectivity index (χ0) is 12.3. The highest BCUT2D eigenvalue weighted by atomic mass is 32.1. The summed E-state index contributed by atoms with van der Waals surface area (Å²) in [5, 5.41) is 4.32. The Balaban J connectivity index is 2.05. The quantitative estimate of drug-likeness (QED) is 0.869. The number of aryl methyl sites for hydroxylation is 2. The summed E-state index contributed by atoms with van der Waals surface area (Å²) in [4.78, 5) is 0. The van der Waals surface area contributed by atoms with Crippen LogP contribution in [0.15, 0.2) is 41.1 Å². The third kappa shape index (κ3) is 3.18. The SMILES string of the molecule is Cc1ccc(C(C)(N)CCc2ccsc2)cc1. The number of hydrogen-bond acceptors (Lipinski definition) is 2. The van der Waals surface area contributed by atoms with Crippen molar-refractivity contribution >= 4 is 11.3 Å². The molecule has 1 heterocycles. The predicted molar refractivity (Wildman–Crippen MR) is 75.4 cm³/mol. The molecule has 2 heteroatoms. The van der Waals surface area contributed by atoms with Crippen molar-refractivity contribution in [2.75, 3.05) is 0 Å². The molecule has 1 aromatic heterocycles. The monoisotopic (exact) mass is 245 g/mol. The maximum Gasteiger partial charge on any atom is 0.0384 e. The molecule has 2 N–H and O–H groups in total. The molecule has 0 bridgehead atoms. The molecule has 2 aromatic rings. The number of nitrogens with two attached hydrogens (primary N) is 1. The van der Waals surface area contributed by atoms with Gasteiger partial charge in [-0.15, -0.1) is 0 Å². The van der Waals surface area contributed by atoms with Gasteiger partial charge in [0.2, 0.25) is 0 Å². The minimum atomic E-state index is -0.240. The van der Waals surface area contributed by atoms with Crippen molar-refractivity contribution in [2.24, 2.45) is 5.73 Å². The average molecular weight is 245 g/mol. The number of hydrogen-bond donors (Lipinski definition) is 1. The molecular weight excluding hydrogens is 226 g/mol. The molecular formula is C15H19NS. The summed E-state index contributed by atoms with van der Waals surface area (Å²) in [5.41, 5.74) is 10.1. The Morgan fingerprint density at radius 3 is 2.47 bits per heavy atom. The molecule has 2 rings (SSSR count). The van der Waals surface area contributed by atoms with E-state index >= 15 is 0 Å². The van der Waals surface area contributed by atoms with E-state index in [0.717, 1.165) is 12.8 Å². The molecule has 0 amide bonds. The summed E-state index contributed by atoms with van der Waals surface area (Å²) in [6.45, 7) is 4.22. The van der Waals surface area contributed by atoms with E-state index in [1.165, 1.54) is 16.7 Å². The van der Waals surface area contributed by atoms with Gasteiger partial charge in [0, 0.05) is 5.54 Å². The van der Waals surface area contributed by atoms with Crippen molar-refractivity contribution in [3.8, 4) is 0 Å². The lowest BCUT2D eigenvalue weighted by molar-refractivity contribution is 0.453. The maximum absolute atomic E-state index is 6.41. The first-order valence-electron chi connectivity index (χ1n) is 5.95. The van der Waals surface area contributed by atoms with Gasteiger partial charge in [-0.05, 0) is 54.6 Å². The molecule has 0 fully saturated rings. The summed E-state index contributed by atoms with van der Waals surface area (Å²) in [6, 6.07) is 10.7. The molecule has 0 saturated carbocycles. The number of thiophene rings is 1. The van der Waals surface area contributed by atoms with E-state index < -0.39 is 0 Å². The Morgan fingerprint density at radius 2 is 1.88 bits per heavy atom. The van der Waals surface area contributed by atoms with Gasteiger partial charge in [-0.2, -0.15) is 11.3 Å². The van der Waals surface area contributed by atoms with E-state index in [0.29, 0.717) is 0 Å². The average Bonchev–Trinajstić information content (AvgIpc) is 2.80. The van der Waals surface area contributed by atoms with E-state index in [1.54, 1.807) is 11.3 Å².